The number of carbonyl (C=O) groups excluding carboxylic acids is 1. The molecule has 2 saturated heterocycles. The van der Waals surface area contributed by atoms with Crippen molar-refractivity contribution in [3.63, 3.8) is 0 Å². The standard InChI is InChI=1S/C20H35N5O/c1-5-8-25-17(3)19(15-21-25)20(26)24-9-6-18(7-10-24)16(2)23-13-11-22(4)12-14-23/h15-16,18H,5-14H2,1-4H3/t16-/m0/s1. The average molecular weight is 362 g/mol. The van der Waals surface area contributed by atoms with E-state index in [1.807, 2.05) is 16.5 Å². The molecule has 1 aromatic heterocycles. The number of likely N-dealkylation sites (tertiary alicyclic amines) is 1. The summed E-state index contributed by atoms with van der Waals surface area (Å²) in [6, 6.07) is 0.620. The first kappa shape index (κ1) is 19.4. The molecule has 2 fully saturated rings. The first-order valence-corrected chi connectivity index (χ1v) is 10.3. The van der Waals surface area contributed by atoms with Crippen molar-refractivity contribution in [2.75, 3.05) is 46.3 Å². The zero-order chi connectivity index (χ0) is 18.7. The fourth-order valence-corrected chi connectivity index (χ4v) is 4.38. The van der Waals surface area contributed by atoms with Crippen LogP contribution in [0.15, 0.2) is 6.20 Å². The Bertz CT molecular complexity index is 597. The van der Waals surface area contributed by atoms with E-state index in [0.717, 1.165) is 50.2 Å². The number of amides is 1. The lowest BCUT2D eigenvalue weighted by Gasteiger charge is -2.42. The third kappa shape index (κ3) is 4.12. The number of carbonyl (C=O) groups is 1. The van der Waals surface area contributed by atoms with E-state index in [-0.39, 0.29) is 5.91 Å². The van der Waals surface area contributed by atoms with Crippen molar-refractivity contribution in [2.45, 2.75) is 52.6 Å². The fourth-order valence-electron chi connectivity index (χ4n) is 4.38. The van der Waals surface area contributed by atoms with Gasteiger partial charge in [-0.05, 0) is 46.1 Å². The Kier molecular flexibility index (Phi) is 6.35. The number of piperazine rings is 1. The largest absolute Gasteiger partial charge is 0.339 e. The van der Waals surface area contributed by atoms with Crippen LogP contribution in [-0.2, 0) is 6.54 Å². The van der Waals surface area contributed by atoms with Gasteiger partial charge in [-0.25, -0.2) is 0 Å². The first-order chi connectivity index (χ1) is 12.5. The number of hydrogen-bond donors (Lipinski definition) is 0. The third-order valence-corrected chi connectivity index (χ3v) is 6.39. The molecular formula is C20H35N5O. The molecule has 146 valence electrons. The molecular weight excluding hydrogens is 326 g/mol. The van der Waals surface area contributed by atoms with Gasteiger partial charge in [-0.2, -0.15) is 5.10 Å². The van der Waals surface area contributed by atoms with Gasteiger partial charge in [0.05, 0.1) is 11.8 Å². The Morgan fingerprint density at radius 3 is 2.46 bits per heavy atom. The summed E-state index contributed by atoms with van der Waals surface area (Å²) in [6.45, 7) is 13.8. The zero-order valence-corrected chi connectivity index (χ0v) is 16.9. The molecule has 26 heavy (non-hydrogen) atoms. The minimum absolute atomic E-state index is 0.163. The minimum atomic E-state index is 0.163. The van der Waals surface area contributed by atoms with Gasteiger partial charge in [0.15, 0.2) is 0 Å². The molecule has 3 rings (SSSR count). The maximum absolute atomic E-state index is 12.9. The highest BCUT2D eigenvalue weighted by Gasteiger charge is 2.31. The van der Waals surface area contributed by atoms with Gasteiger partial charge in [0.2, 0.25) is 0 Å². The summed E-state index contributed by atoms with van der Waals surface area (Å²) in [5.74, 6) is 0.863. The average Bonchev–Trinajstić information content (AvgIpc) is 3.02. The molecule has 6 nitrogen and oxygen atoms in total. The van der Waals surface area contributed by atoms with Crippen LogP contribution in [0, 0.1) is 12.8 Å². The minimum Gasteiger partial charge on any atom is -0.339 e. The van der Waals surface area contributed by atoms with E-state index < -0.39 is 0 Å². The fraction of sp³-hybridized carbons (Fsp3) is 0.800. The van der Waals surface area contributed by atoms with Crippen LogP contribution in [0.5, 0.6) is 0 Å². The quantitative estimate of drug-likeness (QED) is 0.806. The molecule has 1 atom stereocenters. The van der Waals surface area contributed by atoms with Crippen molar-refractivity contribution in [3.05, 3.63) is 17.5 Å². The molecule has 0 radical (unpaired) electrons. The van der Waals surface area contributed by atoms with Crippen molar-refractivity contribution < 1.29 is 4.79 Å². The zero-order valence-electron chi connectivity index (χ0n) is 16.9. The van der Waals surface area contributed by atoms with Crippen molar-refractivity contribution in [3.8, 4) is 0 Å². The summed E-state index contributed by atoms with van der Waals surface area (Å²) >= 11 is 0. The van der Waals surface area contributed by atoms with Crippen molar-refractivity contribution in [2.24, 2.45) is 5.92 Å². The van der Waals surface area contributed by atoms with Crippen molar-refractivity contribution in [1.82, 2.24) is 24.5 Å². The van der Waals surface area contributed by atoms with E-state index in [4.69, 9.17) is 0 Å². The van der Waals surface area contributed by atoms with E-state index >= 15 is 0 Å². The van der Waals surface area contributed by atoms with E-state index in [9.17, 15) is 4.79 Å². The summed E-state index contributed by atoms with van der Waals surface area (Å²) in [5, 5.41) is 4.39. The Morgan fingerprint density at radius 1 is 1.19 bits per heavy atom. The smallest absolute Gasteiger partial charge is 0.257 e. The molecule has 2 aliphatic heterocycles. The predicted octanol–water partition coefficient (Wildman–Crippen LogP) is 2.09. The predicted molar refractivity (Wildman–Crippen MR) is 104 cm³/mol. The Morgan fingerprint density at radius 2 is 1.85 bits per heavy atom. The summed E-state index contributed by atoms with van der Waals surface area (Å²) in [7, 11) is 2.21. The molecule has 2 aliphatic rings. The lowest BCUT2D eigenvalue weighted by molar-refractivity contribution is 0.0499. The highest BCUT2D eigenvalue weighted by atomic mass is 16.2. The van der Waals surface area contributed by atoms with Crippen LogP contribution in [0.25, 0.3) is 0 Å². The molecule has 0 aliphatic carbocycles. The molecule has 0 aromatic carbocycles. The SMILES string of the molecule is CCCn1ncc(C(=O)N2CCC([C@H](C)N3CCN(C)CC3)CC2)c1C. The summed E-state index contributed by atoms with van der Waals surface area (Å²) in [4.78, 5) is 20.0. The highest BCUT2D eigenvalue weighted by molar-refractivity contribution is 5.95. The number of aryl methyl sites for hydroxylation is 1. The second kappa shape index (κ2) is 8.53. The summed E-state index contributed by atoms with van der Waals surface area (Å²) < 4.78 is 1.95. The van der Waals surface area contributed by atoms with Gasteiger partial charge in [-0.3, -0.25) is 14.4 Å². The Balaban J connectivity index is 1.54. The highest BCUT2D eigenvalue weighted by Crippen LogP contribution is 2.26. The van der Waals surface area contributed by atoms with Crippen LogP contribution in [0.3, 0.4) is 0 Å². The number of hydrogen-bond acceptors (Lipinski definition) is 4. The normalized spacial score (nSPS) is 21.9. The monoisotopic (exact) mass is 361 g/mol. The van der Waals surface area contributed by atoms with Crippen LogP contribution in [0.1, 0.15) is 49.2 Å². The van der Waals surface area contributed by atoms with Gasteiger partial charge in [0.1, 0.15) is 0 Å². The number of rotatable bonds is 5. The number of piperidine rings is 1. The van der Waals surface area contributed by atoms with Gasteiger partial charge in [-0.15, -0.1) is 0 Å². The lowest BCUT2D eigenvalue weighted by Crippen LogP contribution is -2.52. The second-order valence-electron chi connectivity index (χ2n) is 8.08. The van der Waals surface area contributed by atoms with Crippen LogP contribution >= 0.6 is 0 Å². The summed E-state index contributed by atoms with van der Waals surface area (Å²) in [6.07, 6.45) is 5.01. The van der Waals surface area contributed by atoms with Gasteiger partial charge >= 0.3 is 0 Å². The molecule has 0 saturated carbocycles. The van der Waals surface area contributed by atoms with E-state index in [1.165, 1.54) is 26.2 Å². The maximum atomic E-state index is 12.9. The molecule has 3 heterocycles. The van der Waals surface area contributed by atoms with Crippen LogP contribution < -0.4 is 0 Å². The molecule has 0 bridgehead atoms. The van der Waals surface area contributed by atoms with Crippen LogP contribution in [0.4, 0.5) is 0 Å². The topological polar surface area (TPSA) is 44.6 Å². The molecule has 1 amide bonds. The molecule has 0 N–H and O–H groups in total. The lowest BCUT2D eigenvalue weighted by atomic mass is 9.89. The van der Waals surface area contributed by atoms with Gasteiger partial charge in [0.25, 0.3) is 5.91 Å². The van der Waals surface area contributed by atoms with Crippen molar-refractivity contribution in [1.29, 1.82) is 0 Å². The Labute approximate surface area is 158 Å². The number of likely N-dealkylation sites (N-methyl/N-ethyl adjacent to an activating group) is 1. The van der Waals surface area contributed by atoms with E-state index in [1.54, 1.807) is 6.20 Å². The van der Waals surface area contributed by atoms with Gasteiger partial charge in [0, 0.05) is 57.5 Å². The molecule has 6 heteroatoms. The number of aromatic nitrogens is 2. The second-order valence-corrected chi connectivity index (χ2v) is 8.08. The van der Waals surface area contributed by atoms with Crippen LogP contribution in [0.2, 0.25) is 0 Å². The first-order valence-electron chi connectivity index (χ1n) is 10.3. The van der Waals surface area contributed by atoms with Crippen molar-refractivity contribution >= 4 is 5.91 Å². The van der Waals surface area contributed by atoms with Gasteiger partial charge in [-0.1, -0.05) is 6.92 Å². The summed E-state index contributed by atoms with van der Waals surface area (Å²) in [5.41, 5.74) is 1.79. The van der Waals surface area contributed by atoms with Crippen LogP contribution in [-0.4, -0.2) is 82.7 Å². The molecule has 0 unspecified atom stereocenters. The molecule has 1 aromatic rings. The third-order valence-electron chi connectivity index (χ3n) is 6.39. The maximum Gasteiger partial charge on any atom is 0.257 e. The number of nitrogens with zero attached hydrogens (tertiary/aromatic N) is 5. The van der Waals surface area contributed by atoms with E-state index in [0.29, 0.717) is 12.0 Å². The van der Waals surface area contributed by atoms with E-state index in [2.05, 4.69) is 35.8 Å². The van der Waals surface area contributed by atoms with Gasteiger partial charge < -0.3 is 9.80 Å². The Hall–Kier alpha value is -1.40. The molecule has 0 spiro atoms.